The summed E-state index contributed by atoms with van der Waals surface area (Å²) < 4.78 is 15.1. The number of hydrogen-bond donors (Lipinski definition) is 0. The second-order valence-corrected chi connectivity index (χ2v) is 4.90. The van der Waals surface area contributed by atoms with Gasteiger partial charge in [-0.15, -0.1) is 0 Å². The Balaban J connectivity index is 1.99. The third-order valence-electron chi connectivity index (χ3n) is 3.59. The van der Waals surface area contributed by atoms with Gasteiger partial charge >= 0.3 is 0 Å². The van der Waals surface area contributed by atoms with Crippen LogP contribution in [0.3, 0.4) is 0 Å². The van der Waals surface area contributed by atoms with Crippen molar-refractivity contribution in [2.24, 2.45) is 0 Å². The Labute approximate surface area is 122 Å². The van der Waals surface area contributed by atoms with E-state index in [4.69, 9.17) is 0 Å². The Kier molecular flexibility index (Phi) is 3.73. The van der Waals surface area contributed by atoms with Crippen molar-refractivity contribution in [2.75, 3.05) is 0 Å². The summed E-state index contributed by atoms with van der Waals surface area (Å²) in [5.41, 5.74) is 1.18. The molecule has 0 saturated heterocycles. The molecular weight excluding hydrogens is 265 g/mol. The molecule has 0 spiro atoms. The van der Waals surface area contributed by atoms with Crippen molar-refractivity contribution in [3.8, 4) is 0 Å². The van der Waals surface area contributed by atoms with E-state index in [-0.39, 0.29) is 12.3 Å². The van der Waals surface area contributed by atoms with Gasteiger partial charge in [-0.05, 0) is 11.5 Å². The first-order valence-corrected chi connectivity index (χ1v) is 6.84. The van der Waals surface area contributed by atoms with Gasteiger partial charge in [0.1, 0.15) is 0 Å². The summed E-state index contributed by atoms with van der Waals surface area (Å²) in [5, 5.41) is 1.83. The molecule has 21 heavy (non-hydrogen) atoms. The van der Waals surface area contributed by atoms with Crippen LogP contribution in [0.25, 0.3) is 10.8 Å². The van der Waals surface area contributed by atoms with Gasteiger partial charge in [-0.1, -0.05) is 48.5 Å². The third kappa shape index (κ3) is 2.68. The fraction of sp³-hybridized carbons (Fsp3) is 0.111. The van der Waals surface area contributed by atoms with Gasteiger partial charge in [0.05, 0.1) is 5.39 Å². The third-order valence-corrected chi connectivity index (χ3v) is 3.59. The molecule has 3 rings (SSSR count). The summed E-state index contributed by atoms with van der Waals surface area (Å²) in [5.74, 6) is -0.0226. The molecule has 0 aliphatic rings. The number of aromatic nitrogens is 1. The lowest BCUT2D eigenvalue weighted by Crippen LogP contribution is -2.41. The highest BCUT2D eigenvalue weighted by atomic mass is 19.1. The van der Waals surface area contributed by atoms with Gasteiger partial charge in [-0.2, -0.15) is 4.57 Å². The monoisotopic (exact) mass is 280 g/mol. The van der Waals surface area contributed by atoms with Crippen LogP contribution in [0.15, 0.2) is 66.9 Å². The van der Waals surface area contributed by atoms with Gasteiger partial charge in [-0.3, -0.25) is 4.79 Å². The largest absolute Gasteiger partial charge is 0.287 e. The number of alkyl halides is 1. The van der Waals surface area contributed by atoms with Gasteiger partial charge < -0.3 is 0 Å². The standard InChI is InChI=1S/C18H15FNO/c19-12-17-16-9-5-4-6-14(16)10-11-20(17)13-18(21)15-7-2-1-3-8-15/h1-11H,12-13H2/q+1. The van der Waals surface area contributed by atoms with E-state index in [1.54, 1.807) is 22.9 Å². The van der Waals surface area contributed by atoms with Gasteiger partial charge in [0.25, 0.3) is 0 Å². The summed E-state index contributed by atoms with van der Waals surface area (Å²) in [6.07, 6.45) is 1.78. The molecule has 0 atom stereocenters. The zero-order valence-electron chi connectivity index (χ0n) is 11.5. The van der Waals surface area contributed by atoms with E-state index in [0.29, 0.717) is 11.3 Å². The Hall–Kier alpha value is -2.55. The summed E-state index contributed by atoms with van der Waals surface area (Å²) in [6, 6.07) is 18.6. The second kappa shape index (κ2) is 5.83. The van der Waals surface area contributed by atoms with Crippen LogP contribution in [0.2, 0.25) is 0 Å². The van der Waals surface area contributed by atoms with Gasteiger partial charge in [-0.25, -0.2) is 4.39 Å². The Bertz CT molecular complexity index is 784. The lowest BCUT2D eigenvalue weighted by atomic mass is 10.1. The molecule has 3 aromatic rings. The maximum atomic E-state index is 13.4. The molecule has 1 aromatic heterocycles. The fourth-order valence-electron chi connectivity index (χ4n) is 2.49. The number of rotatable bonds is 4. The zero-order valence-corrected chi connectivity index (χ0v) is 11.5. The first-order chi connectivity index (χ1) is 10.3. The summed E-state index contributed by atoms with van der Waals surface area (Å²) in [6.45, 7) is -0.447. The first-order valence-electron chi connectivity index (χ1n) is 6.84. The molecule has 0 unspecified atom stereocenters. The van der Waals surface area contributed by atoms with Gasteiger partial charge in [0.2, 0.25) is 18.0 Å². The number of pyridine rings is 1. The summed E-state index contributed by atoms with van der Waals surface area (Å²) in [4.78, 5) is 12.3. The highest BCUT2D eigenvalue weighted by molar-refractivity contribution is 5.95. The first kappa shape index (κ1) is 13.4. The lowest BCUT2D eigenvalue weighted by Gasteiger charge is -2.05. The Morgan fingerprint density at radius 2 is 1.67 bits per heavy atom. The summed E-state index contributed by atoms with van der Waals surface area (Å²) in [7, 11) is 0. The molecule has 2 nitrogen and oxygen atoms in total. The molecule has 0 amide bonds. The van der Waals surface area contributed by atoms with Crippen LogP contribution in [0, 0.1) is 0 Å². The molecule has 0 bridgehead atoms. The minimum Gasteiger partial charge on any atom is -0.287 e. The normalized spacial score (nSPS) is 10.7. The molecule has 104 valence electrons. The molecule has 0 fully saturated rings. The average Bonchev–Trinajstić information content (AvgIpc) is 2.55. The van der Waals surface area contributed by atoms with Crippen molar-refractivity contribution in [1.29, 1.82) is 0 Å². The smallest absolute Gasteiger partial charge is 0.227 e. The van der Waals surface area contributed by atoms with Crippen LogP contribution in [-0.4, -0.2) is 5.78 Å². The molecule has 3 heteroatoms. The molecular formula is C18H15FNO+. The Morgan fingerprint density at radius 1 is 0.952 bits per heavy atom. The van der Waals surface area contributed by atoms with Crippen LogP contribution < -0.4 is 4.57 Å². The predicted octanol–water partition coefficient (Wildman–Crippen LogP) is 3.48. The van der Waals surface area contributed by atoms with Crippen molar-refractivity contribution in [1.82, 2.24) is 0 Å². The van der Waals surface area contributed by atoms with E-state index in [0.717, 1.165) is 10.8 Å². The number of halogens is 1. The van der Waals surface area contributed by atoms with Crippen molar-refractivity contribution >= 4 is 16.6 Å². The van der Waals surface area contributed by atoms with Crippen LogP contribution in [0.4, 0.5) is 4.39 Å². The molecule has 0 N–H and O–H groups in total. The van der Waals surface area contributed by atoms with Crippen molar-refractivity contribution in [3.63, 3.8) is 0 Å². The van der Waals surface area contributed by atoms with Crippen molar-refractivity contribution < 1.29 is 13.8 Å². The number of ketones is 1. The second-order valence-electron chi connectivity index (χ2n) is 4.90. The minimum atomic E-state index is -0.594. The van der Waals surface area contributed by atoms with E-state index in [2.05, 4.69) is 0 Å². The molecule has 0 aliphatic carbocycles. The highest BCUT2D eigenvalue weighted by Gasteiger charge is 2.18. The average molecular weight is 280 g/mol. The zero-order chi connectivity index (χ0) is 14.7. The van der Waals surface area contributed by atoms with Gasteiger partial charge in [0, 0.05) is 11.6 Å². The quantitative estimate of drug-likeness (QED) is 0.529. The van der Waals surface area contributed by atoms with Crippen LogP contribution >= 0.6 is 0 Å². The van der Waals surface area contributed by atoms with E-state index in [1.807, 2.05) is 48.5 Å². The van der Waals surface area contributed by atoms with E-state index >= 15 is 0 Å². The van der Waals surface area contributed by atoms with Crippen LogP contribution in [0.1, 0.15) is 16.1 Å². The molecule has 0 saturated carbocycles. The number of benzene rings is 2. The lowest BCUT2D eigenvalue weighted by molar-refractivity contribution is -0.690. The molecule has 2 aromatic carbocycles. The fourth-order valence-corrected chi connectivity index (χ4v) is 2.49. The maximum absolute atomic E-state index is 13.4. The van der Waals surface area contributed by atoms with Crippen LogP contribution in [-0.2, 0) is 13.2 Å². The number of nitrogens with zero attached hydrogens (tertiary/aromatic N) is 1. The number of Topliss-reactive ketones (excluding diaryl/α,β-unsaturated/α-hetero) is 1. The molecule has 0 radical (unpaired) electrons. The van der Waals surface area contributed by atoms with Gasteiger partial charge in [0.15, 0.2) is 12.9 Å². The minimum absolute atomic E-state index is 0.0226. The van der Waals surface area contributed by atoms with E-state index in [9.17, 15) is 9.18 Å². The number of hydrogen-bond acceptors (Lipinski definition) is 1. The number of fused-ring (bicyclic) bond motifs is 1. The van der Waals surface area contributed by atoms with E-state index < -0.39 is 6.67 Å². The molecule has 0 aliphatic heterocycles. The maximum Gasteiger partial charge on any atom is 0.227 e. The van der Waals surface area contributed by atoms with Crippen molar-refractivity contribution in [2.45, 2.75) is 13.2 Å². The van der Waals surface area contributed by atoms with E-state index in [1.165, 1.54) is 0 Å². The topological polar surface area (TPSA) is 20.9 Å². The highest BCUT2D eigenvalue weighted by Crippen LogP contribution is 2.16. The predicted molar refractivity (Wildman–Crippen MR) is 79.7 cm³/mol. The summed E-state index contributed by atoms with van der Waals surface area (Å²) >= 11 is 0. The SMILES string of the molecule is O=C(C[n+]1ccc2ccccc2c1CF)c1ccccc1. The van der Waals surface area contributed by atoms with Crippen LogP contribution in [0.5, 0.6) is 0 Å². The number of carbonyl (C=O) groups excluding carboxylic acids is 1. The number of carbonyl (C=O) groups is 1. The Morgan fingerprint density at radius 3 is 2.43 bits per heavy atom. The van der Waals surface area contributed by atoms with Crippen molar-refractivity contribution in [3.05, 3.63) is 78.1 Å². The molecule has 1 heterocycles.